The molecule has 0 spiro atoms. The smallest absolute Gasteiger partial charge is 0.237 e. The van der Waals surface area contributed by atoms with Crippen molar-refractivity contribution in [2.24, 2.45) is 21.5 Å². The summed E-state index contributed by atoms with van der Waals surface area (Å²) in [4.78, 5) is 25.7. The van der Waals surface area contributed by atoms with Crippen LogP contribution in [0.4, 0.5) is 0 Å². The largest absolute Gasteiger partial charge is 0.491 e. The summed E-state index contributed by atoms with van der Waals surface area (Å²) < 4.78 is 22.3. The van der Waals surface area contributed by atoms with E-state index < -0.39 is 15.1 Å². The van der Waals surface area contributed by atoms with E-state index in [0.29, 0.717) is 30.7 Å². The van der Waals surface area contributed by atoms with E-state index in [0.717, 1.165) is 12.0 Å². The Bertz CT molecular complexity index is 937. The van der Waals surface area contributed by atoms with Crippen molar-refractivity contribution in [3.05, 3.63) is 29.3 Å². The first-order valence-electron chi connectivity index (χ1n) is 9.41. The Hall–Kier alpha value is -2.35. The summed E-state index contributed by atoms with van der Waals surface area (Å²) in [6, 6.07) is 5.30. The van der Waals surface area contributed by atoms with E-state index in [1.165, 1.54) is 0 Å². The van der Waals surface area contributed by atoms with Crippen molar-refractivity contribution in [1.29, 1.82) is 0 Å². The number of fused-ring (bicyclic) bond motifs is 1. The third-order valence-corrected chi connectivity index (χ3v) is 6.41. The molecule has 3 N–H and O–H groups in total. The van der Waals surface area contributed by atoms with Crippen LogP contribution in [0.3, 0.4) is 0 Å². The van der Waals surface area contributed by atoms with Gasteiger partial charge in [-0.05, 0) is 36.3 Å². The number of piperidine rings is 1. The molecule has 0 radical (unpaired) electrons. The maximum atomic E-state index is 13.0. The Kier molecular flexibility index (Phi) is 5.52. The van der Waals surface area contributed by atoms with Crippen LogP contribution in [-0.4, -0.2) is 40.8 Å². The van der Waals surface area contributed by atoms with Crippen molar-refractivity contribution in [3.63, 3.8) is 0 Å². The van der Waals surface area contributed by atoms with Crippen LogP contribution in [0.1, 0.15) is 44.2 Å². The summed E-state index contributed by atoms with van der Waals surface area (Å²) >= 11 is 0. The second-order valence-corrected chi connectivity index (χ2v) is 9.95. The highest BCUT2D eigenvalue weighted by atomic mass is 32.2. The fourth-order valence-electron chi connectivity index (χ4n) is 3.73. The Labute approximate surface area is 165 Å². The number of Topliss-reactive ketones (excluding diaryl/α,β-unsaturated/α-hetero) is 1. The molecule has 2 unspecified atom stereocenters. The van der Waals surface area contributed by atoms with E-state index in [4.69, 9.17) is 10.5 Å². The molecule has 2 aliphatic heterocycles. The molecule has 0 aromatic heterocycles. The lowest BCUT2D eigenvalue weighted by molar-refractivity contribution is -0.147. The van der Waals surface area contributed by atoms with Gasteiger partial charge in [0.25, 0.3) is 0 Å². The topological polar surface area (TPSA) is 111 Å². The lowest BCUT2D eigenvalue weighted by atomic mass is 9.74. The second-order valence-electron chi connectivity index (χ2n) is 7.94. The maximum absolute atomic E-state index is 13.0. The molecule has 2 heterocycles. The molecule has 0 saturated carbocycles. The summed E-state index contributed by atoms with van der Waals surface area (Å²) in [5.74, 6) is 4.10. The molecule has 1 fully saturated rings. The fraction of sp³-hybridized carbons (Fsp3) is 0.500. The van der Waals surface area contributed by atoms with E-state index in [1.807, 2.05) is 19.9 Å². The van der Waals surface area contributed by atoms with Gasteiger partial charge in [-0.2, -0.15) is 4.40 Å². The molecule has 152 valence electrons. The molecule has 1 aromatic carbocycles. The maximum Gasteiger partial charge on any atom is 0.237 e. The van der Waals surface area contributed by atoms with Crippen molar-refractivity contribution >= 4 is 33.1 Å². The minimum atomic E-state index is -2.66. The highest BCUT2D eigenvalue weighted by Gasteiger charge is 2.47. The number of ether oxygens (including phenoxy) is 1. The van der Waals surface area contributed by atoms with Gasteiger partial charge in [-0.1, -0.05) is 26.0 Å². The van der Waals surface area contributed by atoms with E-state index >= 15 is 0 Å². The van der Waals surface area contributed by atoms with Gasteiger partial charge in [-0.15, -0.1) is 0 Å². The molecule has 1 amide bonds. The van der Waals surface area contributed by atoms with Crippen LogP contribution in [0, 0.1) is 11.3 Å². The number of amides is 1. The fourth-order valence-corrected chi connectivity index (χ4v) is 4.98. The second kappa shape index (κ2) is 7.58. The molecule has 1 saturated heterocycles. The third kappa shape index (κ3) is 3.92. The molecule has 8 heteroatoms. The molecule has 2 atom stereocenters. The Morgan fingerprint density at radius 3 is 2.89 bits per heavy atom. The molecular weight excluding hydrogens is 378 g/mol. The van der Waals surface area contributed by atoms with E-state index in [1.54, 1.807) is 12.1 Å². The minimum absolute atomic E-state index is 0.0616. The molecule has 2 aliphatic rings. The monoisotopic (exact) mass is 405 g/mol. The van der Waals surface area contributed by atoms with Crippen LogP contribution in [0.15, 0.2) is 22.6 Å². The molecule has 0 aliphatic carbocycles. The van der Waals surface area contributed by atoms with Crippen molar-refractivity contribution < 1.29 is 18.5 Å². The number of benzene rings is 1. The zero-order chi connectivity index (χ0) is 20.5. The van der Waals surface area contributed by atoms with Crippen molar-refractivity contribution in [2.45, 2.75) is 38.9 Å². The number of hydrogen-bond acceptors (Lipinski definition) is 5. The van der Waals surface area contributed by atoms with Crippen molar-refractivity contribution in [2.75, 3.05) is 13.2 Å². The average molecular weight is 406 g/mol. The lowest BCUT2D eigenvalue weighted by Gasteiger charge is -2.35. The van der Waals surface area contributed by atoms with Crippen LogP contribution < -0.4 is 15.8 Å². The van der Waals surface area contributed by atoms with Gasteiger partial charge in [0.05, 0.1) is 21.0 Å². The summed E-state index contributed by atoms with van der Waals surface area (Å²) in [6.45, 7) is 4.41. The molecule has 28 heavy (non-hydrogen) atoms. The molecule has 0 bridgehead atoms. The van der Waals surface area contributed by atoms with Crippen LogP contribution in [0.5, 0.6) is 5.75 Å². The van der Waals surface area contributed by atoms with Crippen LogP contribution >= 0.6 is 0 Å². The Balaban J connectivity index is 1.91. The number of nitrogens with one attached hydrogen (secondary N) is 1. The van der Waals surface area contributed by atoms with Gasteiger partial charge in [0.15, 0.2) is 5.78 Å². The first-order chi connectivity index (χ1) is 13.1. The highest BCUT2D eigenvalue weighted by Crippen LogP contribution is 2.34. The number of nitrogens with zero attached hydrogens (tertiary/aromatic N) is 1. The number of hydrogen-bond donors (Lipinski definition) is 2. The summed E-state index contributed by atoms with van der Waals surface area (Å²) in [5.41, 5.74) is 6.12. The van der Waals surface area contributed by atoms with Crippen LogP contribution in [0.2, 0.25) is 0 Å². The van der Waals surface area contributed by atoms with Gasteiger partial charge in [0.1, 0.15) is 23.6 Å². The third-order valence-electron chi connectivity index (χ3n) is 5.12. The first kappa shape index (κ1) is 20.4. The quantitative estimate of drug-likeness (QED) is 0.549. The predicted octanol–water partition coefficient (Wildman–Crippen LogP) is 1.43. The van der Waals surface area contributed by atoms with Crippen molar-refractivity contribution in [1.82, 2.24) is 5.32 Å². The summed E-state index contributed by atoms with van der Waals surface area (Å²) in [6.07, 6.45) is 1.49. The van der Waals surface area contributed by atoms with E-state index in [-0.39, 0.29) is 35.8 Å². The zero-order valence-electron chi connectivity index (χ0n) is 16.3. The molecule has 1 aromatic rings. The minimum Gasteiger partial charge on any atom is -0.491 e. The lowest BCUT2D eigenvalue weighted by Crippen LogP contribution is -2.54. The van der Waals surface area contributed by atoms with Crippen LogP contribution in [-0.2, 0) is 25.0 Å². The summed E-state index contributed by atoms with van der Waals surface area (Å²) in [5, 5.41) is 2.81. The first-order valence-corrected chi connectivity index (χ1v) is 11.3. The number of rotatable bonds is 6. The van der Waals surface area contributed by atoms with Gasteiger partial charge in [0.2, 0.25) is 5.91 Å². The number of nitrogens with two attached hydrogens (primary N) is 1. The normalized spacial score (nSPS) is 27.0. The van der Waals surface area contributed by atoms with E-state index in [2.05, 4.69) is 15.6 Å². The Morgan fingerprint density at radius 1 is 1.46 bits per heavy atom. The molecular formula is C20H27N3O4S. The number of amidine groups is 1. The average Bonchev–Trinajstić information content (AvgIpc) is 2.59. The number of carbonyl (C=O) groups excluding carboxylic acids is 2. The Morgan fingerprint density at radius 2 is 2.21 bits per heavy atom. The SMILES string of the molecule is C=S1(=O)Cc2cccc(OCC3(C(=O)CC(C)C)CCCNC3=O)c2C(N)=N1. The van der Waals surface area contributed by atoms with Gasteiger partial charge in [-0.25, -0.2) is 4.21 Å². The van der Waals surface area contributed by atoms with Crippen LogP contribution in [0.25, 0.3) is 0 Å². The zero-order valence-corrected chi connectivity index (χ0v) is 17.1. The predicted molar refractivity (Wildman–Crippen MR) is 111 cm³/mol. The molecule has 7 nitrogen and oxygen atoms in total. The number of ketones is 1. The molecule has 3 rings (SSSR count). The number of carbonyl (C=O) groups is 2. The summed E-state index contributed by atoms with van der Waals surface area (Å²) in [7, 11) is -2.66. The van der Waals surface area contributed by atoms with Crippen molar-refractivity contribution in [3.8, 4) is 5.75 Å². The van der Waals surface area contributed by atoms with E-state index in [9.17, 15) is 13.8 Å². The van der Waals surface area contributed by atoms with Gasteiger partial charge >= 0.3 is 0 Å². The highest BCUT2D eigenvalue weighted by molar-refractivity contribution is 7.98. The van der Waals surface area contributed by atoms with Gasteiger partial charge in [0, 0.05) is 13.0 Å². The standard InChI is InChI=1S/C20H27N3O4S/c1-13(2)10-16(24)20(8-5-9-22-19(20)25)12-27-15-7-4-6-14-11-28(3,26)23-18(21)17(14)15/h4,6-7,13H,3,5,8-12H2,1-2H3,(H,22,25)(H2,21,23,26). The van der Waals surface area contributed by atoms with Gasteiger partial charge in [-0.3, -0.25) is 9.59 Å². The van der Waals surface area contributed by atoms with Gasteiger partial charge < -0.3 is 15.8 Å².